The minimum Gasteiger partial charge on any atom is -0.481 e. The maximum atomic E-state index is 11.0. The number of carboxylic acids is 1. The van der Waals surface area contributed by atoms with Crippen LogP contribution >= 0.6 is 11.3 Å². The number of fused-ring (bicyclic) bond motifs is 2. The molecule has 0 aliphatic carbocycles. The quantitative estimate of drug-likeness (QED) is 0.532. The van der Waals surface area contributed by atoms with Crippen LogP contribution in [0.5, 0.6) is 0 Å². The SMILES string of the molecule is O=C(O)C1CN(Cc2cc3cccc(-c4ccc5ccccc5c4)c3s2)C1. The Kier molecular flexibility index (Phi) is 3.96. The Balaban J connectivity index is 1.48. The molecule has 1 aliphatic heterocycles. The van der Waals surface area contributed by atoms with Crippen molar-refractivity contribution in [1.29, 1.82) is 0 Å². The monoisotopic (exact) mass is 373 g/mol. The summed E-state index contributed by atoms with van der Waals surface area (Å²) in [7, 11) is 0. The van der Waals surface area contributed by atoms with Gasteiger partial charge in [-0.05, 0) is 39.4 Å². The van der Waals surface area contributed by atoms with Crippen LogP contribution in [0, 0.1) is 5.92 Å². The van der Waals surface area contributed by atoms with Crippen molar-refractivity contribution in [2.24, 2.45) is 5.92 Å². The maximum Gasteiger partial charge on any atom is 0.309 e. The number of benzene rings is 3. The molecule has 2 heterocycles. The Hall–Kier alpha value is -2.69. The number of nitrogens with zero attached hydrogens (tertiary/aromatic N) is 1. The summed E-state index contributed by atoms with van der Waals surface area (Å²) in [5.41, 5.74) is 2.50. The molecule has 4 heteroatoms. The number of thiophene rings is 1. The molecule has 1 N–H and O–H groups in total. The summed E-state index contributed by atoms with van der Waals surface area (Å²) in [5, 5.41) is 12.8. The fraction of sp³-hybridized carbons (Fsp3) is 0.174. The van der Waals surface area contributed by atoms with Gasteiger partial charge in [-0.25, -0.2) is 0 Å². The fourth-order valence-corrected chi connectivity index (χ4v) is 5.09. The molecule has 0 bridgehead atoms. The van der Waals surface area contributed by atoms with Crippen molar-refractivity contribution in [1.82, 2.24) is 4.90 Å². The van der Waals surface area contributed by atoms with Gasteiger partial charge in [0.15, 0.2) is 0 Å². The third-order valence-corrected chi connectivity index (χ3v) is 6.51. The molecule has 1 fully saturated rings. The zero-order chi connectivity index (χ0) is 18.4. The molecule has 3 aromatic carbocycles. The van der Waals surface area contributed by atoms with Gasteiger partial charge in [0.2, 0.25) is 0 Å². The van der Waals surface area contributed by atoms with Gasteiger partial charge >= 0.3 is 5.97 Å². The minimum absolute atomic E-state index is 0.201. The number of carbonyl (C=O) groups is 1. The number of hydrogen-bond donors (Lipinski definition) is 1. The lowest BCUT2D eigenvalue weighted by molar-refractivity contribution is -0.147. The van der Waals surface area contributed by atoms with E-state index in [1.54, 1.807) is 0 Å². The lowest BCUT2D eigenvalue weighted by Gasteiger charge is -2.36. The molecule has 1 aromatic heterocycles. The van der Waals surface area contributed by atoms with Crippen LogP contribution in [-0.2, 0) is 11.3 Å². The van der Waals surface area contributed by atoms with Crippen LogP contribution in [0.15, 0.2) is 66.7 Å². The van der Waals surface area contributed by atoms with E-state index >= 15 is 0 Å². The van der Waals surface area contributed by atoms with Gasteiger partial charge in [-0.1, -0.05) is 54.6 Å². The zero-order valence-corrected chi connectivity index (χ0v) is 15.6. The van der Waals surface area contributed by atoms with Gasteiger partial charge in [0.1, 0.15) is 0 Å². The Morgan fingerprint density at radius 1 is 0.963 bits per heavy atom. The van der Waals surface area contributed by atoms with Crippen LogP contribution < -0.4 is 0 Å². The van der Waals surface area contributed by atoms with Gasteiger partial charge in [0.05, 0.1) is 5.92 Å². The molecular formula is C23H19NO2S. The first-order valence-electron chi connectivity index (χ1n) is 9.13. The number of likely N-dealkylation sites (tertiary alicyclic amines) is 1. The Morgan fingerprint density at radius 3 is 2.56 bits per heavy atom. The molecule has 4 aromatic rings. The number of hydrogen-bond acceptors (Lipinski definition) is 3. The average Bonchev–Trinajstić information content (AvgIpc) is 3.06. The second kappa shape index (κ2) is 6.48. The predicted molar refractivity (Wildman–Crippen MR) is 111 cm³/mol. The molecule has 134 valence electrons. The van der Waals surface area contributed by atoms with Crippen molar-refractivity contribution >= 4 is 38.2 Å². The average molecular weight is 373 g/mol. The first-order valence-corrected chi connectivity index (χ1v) is 9.95. The highest BCUT2D eigenvalue weighted by Gasteiger charge is 2.32. The van der Waals surface area contributed by atoms with Crippen molar-refractivity contribution in [2.75, 3.05) is 13.1 Å². The second-order valence-electron chi connectivity index (χ2n) is 7.23. The molecule has 1 aliphatic rings. The number of rotatable bonds is 4. The molecule has 1 saturated heterocycles. The van der Waals surface area contributed by atoms with E-state index in [4.69, 9.17) is 5.11 Å². The van der Waals surface area contributed by atoms with Crippen LogP contribution in [0.25, 0.3) is 32.0 Å². The largest absolute Gasteiger partial charge is 0.481 e. The van der Waals surface area contributed by atoms with E-state index in [2.05, 4.69) is 71.6 Å². The molecule has 0 atom stereocenters. The van der Waals surface area contributed by atoms with E-state index in [0.29, 0.717) is 13.1 Å². The summed E-state index contributed by atoms with van der Waals surface area (Å²) in [4.78, 5) is 14.5. The number of carboxylic acid groups (broad SMARTS) is 1. The smallest absolute Gasteiger partial charge is 0.309 e. The van der Waals surface area contributed by atoms with E-state index in [0.717, 1.165) is 6.54 Å². The molecule has 0 unspecified atom stereocenters. The van der Waals surface area contributed by atoms with Gasteiger partial charge in [0, 0.05) is 29.2 Å². The van der Waals surface area contributed by atoms with Crippen molar-refractivity contribution in [3.05, 3.63) is 71.6 Å². The van der Waals surface area contributed by atoms with E-state index < -0.39 is 5.97 Å². The molecule has 0 spiro atoms. The van der Waals surface area contributed by atoms with Crippen LogP contribution in [0.4, 0.5) is 0 Å². The lowest BCUT2D eigenvalue weighted by atomic mass is 10.00. The van der Waals surface area contributed by atoms with Crippen LogP contribution in [-0.4, -0.2) is 29.1 Å². The third kappa shape index (κ3) is 3.01. The van der Waals surface area contributed by atoms with Crippen molar-refractivity contribution in [3.63, 3.8) is 0 Å². The summed E-state index contributed by atoms with van der Waals surface area (Å²) in [6.45, 7) is 2.14. The molecule has 0 saturated carbocycles. The molecular weight excluding hydrogens is 354 g/mol. The molecule has 0 amide bonds. The first kappa shape index (κ1) is 16.5. The van der Waals surface area contributed by atoms with E-state index in [9.17, 15) is 4.79 Å². The number of aliphatic carboxylic acids is 1. The zero-order valence-electron chi connectivity index (χ0n) is 14.8. The molecule has 5 rings (SSSR count). The molecule has 27 heavy (non-hydrogen) atoms. The second-order valence-corrected chi connectivity index (χ2v) is 8.36. The highest BCUT2D eigenvalue weighted by Crippen LogP contribution is 2.37. The maximum absolute atomic E-state index is 11.0. The van der Waals surface area contributed by atoms with Crippen molar-refractivity contribution in [3.8, 4) is 11.1 Å². The normalized spacial score (nSPS) is 15.3. The van der Waals surface area contributed by atoms with Crippen LogP contribution in [0.1, 0.15) is 4.88 Å². The van der Waals surface area contributed by atoms with Gasteiger partial charge in [0.25, 0.3) is 0 Å². The Morgan fingerprint density at radius 2 is 1.74 bits per heavy atom. The van der Waals surface area contributed by atoms with Crippen LogP contribution in [0.2, 0.25) is 0 Å². The van der Waals surface area contributed by atoms with Crippen molar-refractivity contribution in [2.45, 2.75) is 6.54 Å². The predicted octanol–water partition coefficient (Wildman–Crippen LogP) is 5.24. The van der Waals surface area contributed by atoms with Gasteiger partial charge in [-0.15, -0.1) is 11.3 Å². The highest BCUT2D eigenvalue weighted by atomic mass is 32.1. The van der Waals surface area contributed by atoms with E-state index in [-0.39, 0.29) is 5.92 Å². The van der Waals surface area contributed by atoms with Crippen molar-refractivity contribution < 1.29 is 9.90 Å². The molecule has 3 nitrogen and oxygen atoms in total. The Bertz CT molecular complexity index is 1160. The lowest BCUT2D eigenvalue weighted by Crippen LogP contribution is -2.49. The van der Waals surface area contributed by atoms with E-state index in [1.807, 2.05) is 11.3 Å². The van der Waals surface area contributed by atoms with E-state index in [1.165, 1.54) is 36.9 Å². The summed E-state index contributed by atoms with van der Waals surface area (Å²) in [6.07, 6.45) is 0. The van der Waals surface area contributed by atoms with Gasteiger partial charge in [-0.3, -0.25) is 9.69 Å². The highest BCUT2D eigenvalue weighted by molar-refractivity contribution is 7.19. The third-order valence-electron chi connectivity index (χ3n) is 5.34. The molecule has 0 radical (unpaired) electrons. The summed E-state index contributed by atoms with van der Waals surface area (Å²) >= 11 is 1.82. The standard InChI is InChI=1S/C23H19NO2S/c25-23(26)19-12-24(13-19)14-20-11-18-6-3-7-21(22(18)27-20)17-9-8-15-4-1-2-5-16(15)10-17/h1-11,19H,12-14H2,(H,25,26). The van der Waals surface area contributed by atoms with Gasteiger partial charge < -0.3 is 5.11 Å². The summed E-state index contributed by atoms with van der Waals surface area (Å²) < 4.78 is 1.30. The van der Waals surface area contributed by atoms with Gasteiger partial charge in [-0.2, -0.15) is 0 Å². The topological polar surface area (TPSA) is 40.5 Å². The summed E-state index contributed by atoms with van der Waals surface area (Å²) in [5.74, 6) is -0.881. The summed E-state index contributed by atoms with van der Waals surface area (Å²) in [6, 6.07) is 23.8. The Labute approximate surface area is 161 Å². The first-order chi connectivity index (χ1) is 13.2. The minimum atomic E-state index is -0.679. The van der Waals surface area contributed by atoms with Crippen LogP contribution in [0.3, 0.4) is 0 Å². The fourth-order valence-electron chi connectivity index (χ4n) is 3.85.